The lowest BCUT2D eigenvalue weighted by molar-refractivity contribution is 0.598. The zero-order valence-corrected chi connectivity index (χ0v) is 12.7. The topological polar surface area (TPSA) is 72.2 Å². The highest BCUT2D eigenvalue weighted by molar-refractivity contribution is 9.10. The average Bonchev–Trinajstić information content (AvgIpc) is 2.43. The molecule has 7 heteroatoms. The van der Waals surface area contributed by atoms with Crippen LogP contribution in [-0.2, 0) is 16.6 Å². The van der Waals surface area contributed by atoms with E-state index in [-0.39, 0.29) is 10.6 Å². The maximum absolute atomic E-state index is 13.6. The highest BCUT2D eigenvalue weighted by Gasteiger charge is 2.16. The van der Waals surface area contributed by atoms with Gasteiger partial charge in [-0.1, -0.05) is 28.1 Å². The van der Waals surface area contributed by atoms with E-state index < -0.39 is 15.8 Å². The van der Waals surface area contributed by atoms with Gasteiger partial charge in [0.05, 0.1) is 10.6 Å². The summed E-state index contributed by atoms with van der Waals surface area (Å²) in [6, 6.07) is 10.1. The van der Waals surface area contributed by atoms with Crippen LogP contribution in [0.5, 0.6) is 0 Å². The number of benzene rings is 2. The fraction of sp³-hybridized carbons (Fsp3) is 0.0769. The van der Waals surface area contributed by atoms with Gasteiger partial charge in [-0.3, -0.25) is 4.72 Å². The van der Waals surface area contributed by atoms with E-state index in [2.05, 4.69) is 20.7 Å². The molecule has 3 N–H and O–H groups in total. The lowest BCUT2D eigenvalue weighted by atomic mass is 10.2. The summed E-state index contributed by atoms with van der Waals surface area (Å²) in [7, 11) is -3.83. The number of sulfonamides is 1. The standard InChI is InChI=1S/C13H12BrFN2O2S/c14-10-3-6-12(15)13(7-10)17-20(18,19)11-4-1-9(8-16)2-5-11/h1-7,17H,8,16H2. The molecule has 106 valence electrons. The summed E-state index contributed by atoms with van der Waals surface area (Å²) in [4.78, 5) is 0.0501. The Labute approximate surface area is 125 Å². The van der Waals surface area contributed by atoms with E-state index in [1.165, 1.54) is 30.3 Å². The molecule has 0 amide bonds. The Morgan fingerprint density at radius 3 is 2.40 bits per heavy atom. The molecule has 0 heterocycles. The van der Waals surface area contributed by atoms with Gasteiger partial charge in [0.1, 0.15) is 5.82 Å². The summed E-state index contributed by atoms with van der Waals surface area (Å²) in [5, 5.41) is 0. The predicted molar refractivity (Wildman–Crippen MR) is 79.2 cm³/mol. The van der Waals surface area contributed by atoms with Gasteiger partial charge >= 0.3 is 0 Å². The molecule has 0 fully saturated rings. The molecule has 0 aliphatic heterocycles. The number of nitrogens with two attached hydrogens (primary N) is 1. The molecule has 2 aromatic carbocycles. The third-order valence-electron chi connectivity index (χ3n) is 2.64. The quantitative estimate of drug-likeness (QED) is 0.882. The summed E-state index contributed by atoms with van der Waals surface area (Å²) in [6.45, 7) is 0.327. The Kier molecular flexibility index (Phi) is 4.42. The Morgan fingerprint density at radius 1 is 1.15 bits per heavy atom. The monoisotopic (exact) mass is 358 g/mol. The van der Waals surface area contributed by atoms with Crippen molar-refractivity contribution in [2.75, 3.05) is 4.72 Å². The highest BCUT2D eigenvalue weighted by atomic mass is 79.9. The van der Waals surface area contributed by atoms with E-state index in [9.17, 15) is 12.8 Å². The van der Waals surface area contributed by atoms with Crippen molar-refractivity contribution < 1.29 is 12.8 Å². The molecule has 4 nitrogen and oxygen atoms in total. The van der Waals surface area contributed by atoms with Gasteiger partial charge < -0.3 is 5.73 Å². The zero-order chi connectivity index (χ0) is 14.8. The Balaban J connectivity index is 2.32. The molecule has 0 aliphatic carbocycles. The predicted octanol–water partition coefficient (Wildman–Crippen LogP) is 2.85. The minimum atomic E-state index is -3.83. The van der Waals surface area contributed by atoms with Crippen molar-refractivity contribution in [2.24, 2.45) is 5.73 Å². The molecule has 0 aliphatic rings. The van der Waals surface area contributed by atoms with Gasteiger partial charge in [0, 0.05) is 11.0 Å². The van der Waals surface area contributed by atoms with Gasteiger partial charge in [-0.25, -0.2) is 12.8 Å². The van der Waals surface area contributed by atoms with E-state index in [1.54, 1.807) is 12.1 Å². The largest absolute Gasteiger partial charge is 0.326 e. The third-order valence-corrected chi connectivity index (χ3v) is 4.52. The van der Waals surface area contributed by atoms with Gasteiger partial charge in [-0.05, 0) is 35.9 Å². The van der Waals surface area contributed by atoms with E-state index >= 15 is 0 Å². The van der Waals surface area contributed by atoms with E-state index in [1.807, 2.05) is 0 Å². The molecule has 0 radical (unpaired) electrons. The van der Waals surface area contributed by atoms with Crippen LogP contribution in [0, 0.1) is 5.82 Å². The van der Waals surface area contributed by atoms with E-state index in [4.69, 9.17) is 5.73 Å². The number of anilines is 1. The first kappa shape index (κ1) is 15.0. The van der Waals surface area contributed by atoms with Crippen LogP contribution in [-0.4, -0.2) is 8.42 Å². The van der Waals surface area contributed by atoms with Crippen molar-refractivity contribution in [3.05, 3.63) is 58.3 Å². The molecule has 20 heavy (non-hydrogen) atoms. The van der Waals surface area contributed by atoms with Crippen LogP contribution in [0.1, 0.15) is 5.56 Å². The summed E-state index contributed by atoms with van der Waals surface area (Å²) in [6.07, 6.45) is 0. The maximum Gasteiger partial charge on any atom is 0.261 e. The molecular weight excluding hydrogens is 347 g/mol. The molecule has 0 bridgehead atoms. The van der Waals surface area contributed by atoms with E-state index in [0.717, 1.165) is 5.56 Å². The molecule has 0 saturated carbocycles. The van der Waals surface area contributed by atoms with Crippen LogP contribution in [0.3, 0.4) is 0 Å². The second-order valence-corrected chi connectivity index (χ2v) is 6.68. The molecular formula is C13H12BrFN2O2S. The number of halogens is 2. The summed E-state index contributed by atoms with van der Waals surface area (Å²) >= 11 is 3.16. The molecule has 0 unspecified atom stereocenters. The van der Waals surface area contributed by atoms with Gasteiger partial charge in [-0.2, -0.15) is 0 Å². The smallest absolute Gasteiger partial charge is 0.261 e. The van der Waals surface area contributed by atoms with Gasteiger partial charge in [0.25, 0.3) is 10.0 Å². The average molecular weight is 359 g/mol. The van der Waals surface area contributed by atoms with Gasteiger partial charge in [0.15, 0.2) is 0 Å². The SMILES string of the molecule is NCc1ccc(S(=O)(=O)Nc2cc(Br)ccc2F)cc1. The van der Waals surface area contributed by atoms with Crippen LogP contribution in [0.4, 0.5) is 10.1 Å². The van der Waals surface area contributed by atoms with Crippen LogP contribution in [0.15, 0.2) is 51.8 Å². The van der Waals surface area contributed by atoms with Crippen molar-refractivity contribution in [3.63, 3.8) is 0 Å². The Morgan fingerprint density at radius 2 is 1.80 bits per heavy atom. The van der Waals surface area contributed by atoms with Gasteiger partial charge in [0.2, 0.25) is 0 Å². The first-order valence-electron chi connectivity index (χ1n) is 5.69. The van der Waals surface area contributed by atoms with Crippen LogP contribution >= 0.6 is 15.9 Å². The Hall–Kier alpha value is -1.44. The highest BCUT2D eigenvalue weighted by Crippen LogP contribution is 2.23. The van der Waals surface area contributed by atoms with Crippen LogP contribution in [0.25, 0.3) is 0 Å². The minimum Gasteiger partial charge on any atom is -0.326 e. The Bertz CT molecular complexity index is 718. The normalized spacial score (nSPS) is 11.3. The summed E-state index contributed by atoms with van der Waals surface area (Å²) in [5.74, 6) is -0.643. The fourth-order valence-electron chi connectivity index (χ4n) is 1.58. The molecule has 0 spiro atoms. The maximum atomic E-state index is 13.6. The van der Waals surface area contributed by atoms with Crippen molar-refractivity contribution >= 4 is 31.6 Å². The van der Waals surface area contributed by atoms with Crippen molar-refractivity contribution in [3.8, 4) is 0 Å². The first-order chi connectivity index (χ1) is 9.42. The van der Waals surface area contributed by atoms with E-state index in [0.29, 0.717) is 11.0 Å². The second kappa shape index (κ2) is 5.90. The summed E-state index contributed by atoms with van der Waals surface area (Å²) < 4.78 is 40.6. The number of hydrogen-bond donors (Lipinski definition) is 2. The molecule has 2 rings (SSSR count). The minimum absolute atomic E-state index is 0.0501. The number of nitrogens with one attached hydrogen (secondary N) is 1. The molecule has 2 aromatic rings. The van der Waals surface area contributed by atoms with Crippen LogP contribution in [0.2, 0.25) is 0 Å². The zero-order valence-electron chi connectivity index (χ0n) is 10.3. The van der Waals surface area contributed by atoms with Crippen molar-refractivity contribution in [1.82, 2.24) is 0 Å². The van der Waals surface area contributed by atoms with Crippen molar-refractivity contribution in [2.45, 2.75) is 11.4 Å². The first-order valence-corrected chi connectivity index (χ1v) is 7.97. The fourth-order valence-corrected chi connectivity index (χ4v) is 3.00. The van der Waals surface area contributed by atoms with Crippen molar-refractivity contribution in [1.29, 1.82) is 0 Å². The summed E-state index contributed by atoms with van der Waals surface area (Å²) in [5.41, 5.74) is 6.16. The molecule has 0 atom stereocenters. The molecule has 0 aromatic heterocycles. The second-order valence-electron chi connectivity index (χ2n) is 4.08. The number of rotatable bonds is 4. The van der Waals surface area contributed by atoms with Gasteiger partial charge in [-0.15, -0.1) is 0 Å². The lowest BCUT2D eigenvalue weighted by Gasteiger charge is -2.09. The molecule has 0 saturated heterocycles. The number of hydrogen-bond acceptors (Lipinski definition) is 3. The lowest BCUT2D eigenvalue weighted by Crippen LogP contribution is -2.14. The van der Waals surface area contributed by atoms with Crippen LogP contribution < -0.4 is 10.5 Å². The third kappa shape index (κ3) is 3.36.